The molecule has 8 heteroatoms. The number of nitrogens with zero attached hydrogens (tertiary/aromatic N) is 3. The van der Waals surface area contributed by atoms with Gasteiger partial charge in [-0.3, -0.25) is 14.6 Å². The minimum atomic E-state index is 0. The first kappa shape index (κ1) is 22.4. The van der Waals surface area contributed by atoms with Crippen molar-refractivity contribution in [3.8, 4) is 0 Å². The number of guanidine groups is 1. The molecule has 1 aromatic carbocycles. The van der Waals surface area contributed by atoms with E-state index in [0.29, 0.717) is 12.5 Å². The third-order valence-corrected chi connectivity index (χ3v) is 5.40. The molecule has 7 nitrogen and oxygen atoms in total. The van der Waals surface area contributed by atoms with Gasteiger partial charge < -0.3 is 20.4 Å². The highest BCUT2D eigenvalue weighted by molar-refractivity contribution is 14.0. The highest BCUT2D eigenvalue weighted by Crippen LogP contribution is 2.18. The van der Waals surface area contributed by atoms with E-state index in [4.69, 9.17) is 0 Å². The van der Waals surface area contributed by atoms with E-state index in [2.05, 4.69) is 33.8 Å². The summed E-state index contributed by atoms with van der Waals surface area (Å²) in [4.78, 5) is 32.0. The Balaban J connectivity index is 0.00000280. The summed E-state index contributed by atoms with van der Waals surface area (Å²) in [5.41, 5.74) is 2.57. The van der Waals surface area contributed by atoms with E-state index in [9.17, 15) is 9.59 Å². The molecule has 2 aliphatic heterocycles. The van der Waals surface area contributed by atoms with Crippen LogP contribution < -0.4 is 10.6 Å². The van der Waals surface area contributed by atoms with Crippen molar-refractivity contribution in [3.05, 3.63) is 35.4 Å². The van der Waals surface area contributed by atoms with Crippen LogP contribution >= 0.6 is 24.0 Å². The van der Waals surface area contributed by atoms with Gasteiger partial charge in [0.25, 0.3) is 0 Å². The van der Waals surface area contributed by atoms with E-state index in [1.165, 1.54) is 11.1 Å². The number of aliphatic imine (C=N–C) groups is 1. The van der Waals surface area contributed by atoms with Crippen LogP contribution in [0.3, 0.4) is 0 Å². The van der Waals surface area contributed by atoms with Gasteiger partial charge in [0.2, 0.25) is 11.8 Å². The van der Waals surface area contributed by atoms with Crippen molar-refractivity contribution in [2.45, 2.75) is 38.8 Å². The first-order valence-corrected chi connectivity index (χ1v) is 9.64. The van der Waals surface area contributed by atoms with Gasteiger partial charge in [-0.05, 0) is 30.4 Å². The van der Waals surface area contributed by atoms with Crippen LogP contribution in [-0.2, 0) is 22.6 Å². The number of hydrogen-bond donors (Lipinski definition) is 2. The van der Waals surface area contributed by atoms with Crippen LogP contribution in [0.1, 0.15) is 30.9 Å². The zero-order valence-electron chi connectivity index (χ0n) is 16.6. The highest BCUT2D eigenvalue weighted by Gasteiger charge is 2.23. The Morgan fingerprint density at radius 1 is 1.11 bits per heavy atom. The first-order valence-electron chi connectivity index (χ1n) is 9.64. The van der Waals surface area contributed by atoms with Gasteiger partial charge in [0, 0.05) is 46.2 Å². The first-order chi connectivity index (χ1) is 13.1. The summed E-state index contributed by atoms with van der Waals surface area (Å²) < 4.78 is 0. The Labute approximate surface area is 184 Å². The number of rotatable bonds is 3. The molecule has 2 amide bonds. The molecule has 0 spiro atoms. The highest BCUT2D eigenvalue weighted by atomic mass is 127. The second-order valence-electron chi connectivity index (χ2n) is 7.18. The fourth-order valence-corrected chi connectivity index (χ4v) is 3.71. The summed E-state index contributed by atoms with van der Waals surface area (Å²) >= 11 is 0. The predicted molar refractivity (Wildman–Crippen MR) is 121 cm³/mol. The van der Waals surface area contributed by atoms with E-state index in [0.717, 1.165) is 38.9 Å². The SMILES string of the molecule is CN=C(NCC(=O)N1CCc2ccccc2C1)NC1CCN(C(C)=O)CC1.I. The molecule has 0 unspecified atom stereocenters. The minimum absolute atomic E-state index is 0. The van der Waals surface area contributed by atoms with E-state index in [1.54, 1.807) is 14.0 Å². The molecular formula is C20H30IN5O2. The number of likely N-dealkylation sites (tertiary alicyclic amines) is 1. The Kier molecular flexibility index (Phi) is 8.53. The molecule has 0 saturated carbocycles. The van der Waals surface area contributed by atoms with Crippen LogP contribution in [0.4, 0.5) is 0 Å². The summed E-state index contributed by atoms with van der Waals surface area (Å²) in [6.07, 6.45) is 2.68. The summed E-state index contributed by atoms with van der Waals surface area (Å²) in [7, 11) is 1.71. The lowest BCUT2D eigenvalue weighted by molar-refractivity contribution is -0.131. The van der Waals surface area contributed by atoms with Gasteiger partial charge in [0.1, 0.15) is 0 Å². The summed E-state index contributed by atoms with van der Waals surface area (Å²) in [5.74, 6) is 0.852. The van der Waals surface area contributed by atoms with Crippen LogP contribution in [0.15, 0.2) is 29.3 Å². The molecule has 1 aromatic rings. The number of piperidine rings is 1. The lowest BCUT2D eigenvalue weighted by Gasteiger charge is -2.32. The molecule has 0 bridgehead atoms. The maximum atomic E-state index is 12.6. The van der Waals surface area contributed by atoms with Crippen molar-refractivity contribution in [2.24, 2.45) is 4.99 Å². The van der Waals surface area contributed by atoms with Crippen LogP contribution in [0.5, 0.6) is 0 Å². The van der Waals surface area contributed by atoms with Gasteiger partial charge >= 0.3 is 0 Å². The van der Waals surface area contributed by atoms with Gasteiger partial charge in [-0.2, -0.15) is 0 Å². The standard InChI is InChI=1S/C20H29N5O2.HI/c1-15(26)24-11-8-18(9-12-24)23-20(21-2)22-13-19(27)25-10-7-16-5-3-4-6-17(16)14-25;/h3-6,18H,7-14H2,1-2H3,(H2,21,22,23);1H. The second kappa shape index (κ2) is 10.6. The molecule has 0 aliphatic carbocycles. The lowest BCUT2D eigenvalue weighted by Crippen LogP contribution is -2.51. The molecule has 1 fully saturated rings. The van der Waals surface area contributed by atoms with Crippen molar-refractivity contribution in [3.63, 3.8) is 0 Å². The van der Waals surface area contributed by atoms with Gasteiger partial charge in [-0.25, -0.2) is 0 Å². The van der Waals surface area contributed by atoms with Gasteiger partial charge in [-0.15, -0.1) is 24.0 Å². The predicted octanol–water partition coefficient (Wildman–Crippen LogP) is 1.37. The molecule has 0 aromatic heterocycles. The van der Waals surface area contributed by atoms with E-state index < -0.39 is 0 Å². The normalized spacial score (nSPS) is 17.4. The number of halogens is 1. The number of nitrogens with one attached hydrogen (secondary N) is 2. The van der Waals surface area contributed by atoms with Crippen molar-refractivity contribution in [2.75, 3.05) is 33.2 Å². The molecule has 0 radical (unpaired) electrons. The quantitative estimate of drug-likeness (QED) is 0.374. The molecule has 2 heterocycles. The van der Waals surface area contributed by atoms with Crippen molar-refractivity contribution >= 4 is 41.8 Å². The minimum Gasteiger partial charge on any atom is -0.354 e. The molecule has 1 saturated heterocycles. The van der Waals surface area contributed by atoms with Crippen molar-refractivity contribution in [1.29, 1.82) is 0 Å². The number of fused-ring (bicyclic) bond motifs is 1. The largest absolute Gasteiger partial charge is 0.354 e. The third-order valence-electron chi connectivity index (χ3n) is 5.40. The van der Waals surface area contributed by atoms with E-state index in [1.807, 2.05) is 15.9 Å². The average Bonchev–Trinajstić information content (AvgIpc) is 2.70. The van der Waals surface area contributed by atoms with Crippen LogP contribution in [0, 0.1) is 0 Å². The smallest absolute Gasteiger partial charge is 0.242 e. The van der Waals surface area contributed by atoms with Crippen LogP contribution in [-0.4, -0.2) is 66.8 Å². The van der Waals surface area contributed by atoms with Gasteiger partial charge in [-0.1, -0.05) is 24.3 Å². The Morgan fingerprint density at radius 2 is 1.79 bits per heavy atom. The van der Waals surface area contributed by atoms with Crippen LogP contribution in [0.25, 0.3) is 0 Å². The molecule has 28 heavy (non-hydrogen) atoms. The summed E-state index contributed by atoms with van der Waals surface area (Å²) in [6, 6.07) is 8.57. The lowest BCUT2D eigenvalue weighted by atomic mass is 10.00. The maximum Gasteiger partial charge on any atom is 0.242 e. The molecule has 2 aliphatic rings. The molecular weight excluding hydrogens is 469 g/mol. The maximum absolute atomic E-state index is 12.6. The van der Waals surface area contributed by atoms with Crippen molar-refractivity contribution in [1.82, 2.24) is 20.4 Å². The number of benzene rings is 1. The number of carbonyl (C=O) groups excluding carboxylic acids is 2. The number of amides is 2. The number of carbonyl (C=O) groups is 2. The Bertz CT molecular complexity index is 716. The van der Waals surface area contributed by atoms with Crippen LogP contribution in [0.2, 0.25) is 0 Å². The topological polar surface area (TPSA) is 77.0 Å². The fourth-order valence-electron chi connectivity index (χ4n) is 3.71. The number of hydrogen-bond acceptors (Lipinski definition) is 3. The summed E-state index contributed by atoms with van der Waals surface area (Å²) in [5, 5.41) is 6.51. The second-order valence-corrected chi connectivity index (χ2v) is 7.18. The zero-order valence-corrected chi connectivity index (χ0v) is 18.9. The van der Waals surface area contributed by atoms with E-state index >= 15 is 0 Å². The van der Waals surface area contributed by atoms with Gasteiger partial charge in [0.05, 0.1) is 6.54 Å². The van der Waals surface area contributed by atoms with Crippen molar-refractivity contribution < 1.29 is 9.59 Å². The molecule has 154 valence electrons. The Hall–Kier alpha value is -1.84. The van der Waals surface area contributed by atoms with E-state index in [-0.39, 0.29) is 48.4 Å². The average molecular weight is 499 g/mol. The summed E-state index contributed by atoms with van der Waals surface area (Å²) in [6.45, 7) is 4.79. The Morgan fingerprint density at radius 3 is 2.43 bits per heavy atom. The molecule has 2 N–H and O–H groups in total. The molecule has 0 atom stereocenters. The molecule has 3 rings (SSSR count). The monoisotopic (exact) mass is 499 g/mol. The fraction of sp³-hybridized carbons (Fsp3) is 0.550. The third kappa shape index (κ3) is 5.83. The van der Waals surface area contributed by atoms with Gasteiger partial charge in [0.15, 0.2) is 5.96 Å². The zero-order chi connectivity index (χ0) is 19.2.